The highest BCUT2D eigenvalue weighted by molar-refractivity contribution is 8.57. The Morgan fingerprint density at radius 2 is 1.86 bits per heavy atom. The molecule has 8 heteroatoms. The van der Waals surface area contributed by atoms with Crippen molar-refractivity contribution in [3.63, 3.8) is 0 Å². The Kier molecular flexibility index (Phi) is 10.9. The number of hydrogen-bond acceptors (Lipinski definition) is 4. The molecule has 0 saturated carbocycles. The zero-order valence-electron chi connectivity index (χ0n) is 17.7. The summed E-state index contributed by atoms with van der Waals surface area (Å²) in [5.74, 6) is -0.564. The monoisotopic (exact) mass is 427 g/mol. The lowest BCUT2D eigenvalue weighted by molar-refractivity contribution is 0.0882. The Hall–Kier alpha value is -1.30. The summed E-state index contributed by atoms with van der Waals surface area (Å²) in [5.41, 5.74) is 0.782. The third kappa shape index (κ3) is 7.26. The van der Waals surface area contributed by atoms with Crippen LogP contribution in [0.15, 0.2) is 24.3 Å². The van der Waals surface area contributed by atoms with Crippen LogP contribution >= 0.6 is 18.0 Å². The van der Waals surface area contributed by atoms with Gasteiger partial charge in [-0.1, -0.05) is 57.5 Å². The first-order valence-electron chi connectivity index (χ1n) is 9.93. The van der Waals surface area contributed by atoms with Gasteiger partial charge in [-0.3, -0.25) is 18.8 Å². The Balaban J connectivity index is 2.84. The van der Waals surface area contributed by atoms with E-state index in [0.29, 0.717) is 17.7 Å². The molecular weight excluding hydrogens is 393 g/mol. The minimum absolute atomic E-state index is 0.151. The van der Waals surface area contributed by atoms with Gasteiger partial charge in [0.2, 0.25) is 0 Å². The molecule has 0 fully saturated rings. The quantitative estimate of drug-likeness (QED) is 0.365. The molecule has 2 atom stereocenters. The van der Waals surface area contributed by atoms with Crippen LogP contribution in [0.25, 0.3) is 0 Å². The van der Waals surface area contributed by atoms with Crippen LogP contribution in [0.5, 0.6) is 0 Å². The summed E-state index contributed by atoms with van der Waals surface area (Å²) >= 11 is 1.28. The molecule has 0 radical (unpaired) electrons. The fraction of sp³-hybridized carbons (Fsp3) is 0.600. The molecule has 0 bridgehead atoms. The minimum atomic E-state index is -3.10. The number of unbranched alkanes of at least 4 members (excludes halogenated alkanes) is 3. The highest BCUT2D eigenvalue weighted by Crippen LogP contribution is 2.59. The van der Waals surface area contributed by atoms with Crippen LogP contribution in [0.3, 0.4) is 0 Å². The zero-order chi connectivity index (χ0) is 21.2. The topological polar surface area (TPSA) is 78.5 Å². The molecule has 0 saturated heterocycles. The van der Waals surface area contributed by atoms with Crippen LogP contribution in [0.4, 0.5) is 0 Å². The van der Waals surface area contributed by atoms with Crippen LogP contribution in [-0.4, -0.2) is 42.4 Å². The largest absolute Gasteiger partial charge is 0.352 e. The van der Waals surface area contributed by atoms with Gasteiger partial charge < -0.3 is 5.32 Å². The molecule has 0 aromatic heterocycles. The van der Waals surface area contributed by atoms with Gasteiger partial charge in [-0.05, 0) is 38.1 Å². The molecule has 2 amide bonds. The van der Waals surface area contributed by atoms with Crippen LogP contribution in [-0.2, 0) is 4.57 Å². The van der Waals surface area contributed by atoms with Gasteiger partial charge in [0.1, 0.15) is 0 Å². The van der Waals surface area contributed by atoms with E-state index >= 15 is 0 Å². The molecule has 0 aliphatic heterocycles. The number of carbonyl (C=O) groups is 2. The lowest BCUT2D eigenvalue weighted by atomic mass is 10.1. The predicted octanol–water partition coefficient (Wildman–Crippen LogP) is 4.93. The third-order valence-corrected chi connectivity index (χ3v) is 10.3. The third-order valence-electron chi connectivity index (χ3n) is 4.56. The van der Waals surface area contributed by atoms with Crippen molar-refractivity contribution in [2.24, 2.45) is 0 Å². The van der Waals surface area contributed by atoms with Crippen LogP contribution in [0.1, 0.15) is 73.6 Å². The number of benzene rings is 1. The van der Waals surface area contributed by atoms with Crippen molar-refractivity contribution in [2.75, 3.05) is 20.6 Å². The SMILES string of the molecule is CCCCCCNC(=O)c1cccc(C(=O)N(C)P(=O)(NC)SC(C)CC)c1. The summed E-state index contributed by atoms with van der Waals surface area (Å²) in [6.45, 7) is 3.67. The van der Waals surface area contributed by atoms with Crippen LogP contribution in [0.2, 0.25) is 0 Å². The molecular formula is C20H34N3O3PS. The second kappa shape index (κ2) is 12.3. The predicted molar refractivity (Wildman–Crippen MR) is 119 cm³/mol. The Morgan fingerprint density at radius 1 is 1.18 bits per heavy atom. The van der Waals surface area contributed by atoms with E-state index in [1.54, 1.807) is 31.3 Å². The van der Waals surface area contributed by atoms with E-state index in [9.17, 15) is 14.2 Å². The highest BCUT2D eigenvalue weighted by atomic mass is 32.7. The normalized spacial score (nSPS) is 14.2. The molecule has 0 spiro atoms. The maximum absolute atomic E-state index is 13.2. The average Bonchev–Trinajstić information content (AvgIpc) is 2.72. The molecule has 1 rings (SSSR count). The summed E-state index contributed by atoms with van der Waals surface area (Å²) in [6.07, 6.45) is 5.20. The van der Waals surface area contributed by atoms with E-state index in [0.717, 1.165) is 32.1 Å². The molecule has 2 N–H and O–H groups in total. The van der Waals surface area contributed by atoms with Crippen molar-refractivity contribution < 1.29 is 14.2 Å². The first kappa shape index (κ1) is 24.7. The van der Waals surface area contributed by atoms with E-state index < -0.39 is 6.65 Å². The first-order chi connectivity index (χ1) is 13.3. The van der Waals surface area contributed by atoms with Gasteiger partial charge in [0.05, 0.1) is 0 Å². The number of amides is 2. The smallest absolute Gasteiger partial charge is 0.294 e. The molecule has 0 aliphatic rings. The summed E-state index contributed by atoms with van der Waals surface area (Å²) in [4.78, 5) is 25.2. The van der Waals surface area contributed by atoms with Crippen molar-refractivity contribution in [2.45, 2.75) is 58.1 Å². The van der Waals surface area contributed by atoms with Crippen LogP contribution in [0, 0.1) is 0 Å². The minimum Gasteiger partial charge on any atom is -0.352 e. The summed E-state index contributed by atoms with van der Waals surface area (Å²) in [6, 6.07) is 6.57. The van der Waals surface area contributed by atoms with Gasteiger partial charge in [-0.2, -0.15) is 0 Å². The standard InChI is InChI=1S/C20H34N3O3PS/c1-6-8-9-10-14-22-19(24)17-12-11-13-18(15-17)20(25)23(5)27(26,21-4)28-16(3)7-2/h11-13,15-16H,6-10,14H2,1-5H3,(H,21,26)(H,22,24). The van der Waals surface area contributed by atoms with Gasteiger partial charge in [0.15, 0.2) is 0 Å². The molecule has 28 heavy (non-hydrogen) atoms. The summed E-state index contributed by atoms with van der Waals surface area (Å²) < 4.78 is 14.5. The van der Waals surface area contributed by atoms with E-state index in [4.69, 9.17) is 0 Å². The molecule has 1 aromatic carbocycles. The summed E-state index contributed by atoms with van der Waals surface area (Å²) in [5, 5.41) is 5.86. The molecule has 2 unspecified atom stereocenters. The molecule has 0 heterocycles. The van der Waals surface area contributed by atoms with E-state index in [1.165, 1.54) is 23.1 Å². The molecule has 0 aliphatic carbocycles. The van der Waals surface area contributed by atoms with Gasteiger partial charge in [-0.25, -0.2) is 5.09 Å². The zero-order valence-corrected chi connectivity index (χ0v) is 19.4. The Labute approximate surface area is 173 Å². The Bertz CT molecular complexity index is 699. The van der Waals surface area contributed by atoms with Crippen molar-refractivity contribution in [3.8, 4) is 0 Å². The summed E-state index contributed by atoms with van der Waals surface area (Å²) in [7, 11) is 3.14. The molecule has 158 valence electrons. The fourth-order valence-electron chi connectivity index (χ4n) is 2.55. The highest BCUT2D eigenvalue weighted by Gasteiger charge is 2.33. The van der Waals surface area contributed by atoms with Gasteiger partial charge in [0.25, 0.3) is 18.5 Å². The maximum atomic E-state index is 13.2. The number of hydrogen-bond donors (Lipinski definition) is 2. The fourth-order valence-corrected chi connectivity index (χ4v) is 6.96. The first-order valence-corrected chi connectivity index (χ1v) is 13.1. The second-order valence-electron chi connectivity index (χ2n) is 6.79. The van der Waals surface area contributed by atoms with Crippen molar-refractivity contribution in [1.82, 2.24) is 15.1 Å². The van der Waals surface area contributed by atoms with Crippen LogP contribution < -0.4 is 10.4 Å². The average molecular weight is 428 g/mol. The number of carbonyl (C=O) groups excluding carboxylic acids is 2. The van der Waals surface area contributed by atoms with E-state index in [2.05, 4.69) is 17.3 Å². The number of nitrogens with one attached hydrogen (secondary N) is 2. The number of nitrogens with zero attached hydrogens (tertiary/aromatic N) is 1. The van der Waals surface area contributed by atoms with Gasteiger partial charge >= 0.3 is 0 Å². The van der Waals surface area contributed by atoms with Gasteiger partial charge in [0, 0.05) is 30.0 Å². The van der Waals surface area contributed by atoms with E-state index in [1.807, 2.05) is 13.8 Å². The Morgan fingerprint density at radius 3 is 2.46 bits per heavy atom. The second-order valence-corrected chi connectivity index (χ2v) is 12.0. The molecule has 6 nitrogen and oxygen atoms in total. The lowest BCUT2D eigenvalue weighted by Gasteiger charge is -2.29. The van der Waals surface area contributed by atoms with Crippen molar-refractivity contribution >= 4 is 29.8 Å². The number of rotatable bonds is 12. The van der Waals surface area contributed by atoms with Crippen molar-refractivity contribution in [3.05, 3.63) is 35.4 Å². The van der Waals surface area contributed by atoms with E-state index in [-0.39, 0.29) is 17.1 Å². The molecule has 1 aromatic rings. The maximum Gasteiger partial charge on any atom is 0.294 e. The lowest BCUT2D eigenvalue weighted by Crippen LogP contribution is -2.29. The van der Waals surface area contributed by atoms with Crippen molar-refractivity contribution in [1.29, 1.82) is 0 Å². The van der Waals surface area contributed by atoms with Gasteiger partial charge in [-0.15, -0.1) is 0 Å².